The van der Waals surface area contributed by atoms with E-state index in [0.29, 0.717) is 0 Å². The van der Waals surface area contributed by atoms with E-state index in [0.717, 1.165) is 18.8 Å². The number of aryl methyl sites for hydroxylation is 3. The standard InChI is InChI=1S/C28H50O/c1-5-7-9-10-11-12-13-14-15-16-17-18-19-20-21-27-23-25(3)28(26(4)24-27)29-22-8-6-2/h23-24H,5-22H2,1-4H3. The van der Waals surface area contributed by atoms with Gasteiger partial charge >= 0.3 is 0 Å². The topological polar surface area (TPSA) is 9.23 Å². The van der Waals surface area contributed by atoms with Gasteiger partial charge in [0.25, 0.3) is 0 Å². The molecular formula is C28H50O. The zero-order chi connectivity index (χ0) is 21.2. The lowest BCUT2D eigenvalue weighted by atomic mass is 10.00. The molecule has 1 rings (SSSR count). The third kappa shape index (κ3) is 13.0. The molecule has 0 aliphatic heterocycles. The number of unbranched alkanes of at least 4 members (excludes halogenated alkanes) is 14. The largest absolute Gasteiger partial charge is 0.493 e. The molecule has 0 unspecified atom stereocenters. The van der Waals surface area contributed by atoms with E-state index < -0.39 is 0 Å². The molecule has 1 aromatic carbocycles. The Balaban J connectivity index is 2.02. The Hall–Kier alpha value is -0.980. The van der Waals surface area contributed by atoms with Crippen LogP contribution in [0.15, 0.2) is 12.1 Å². The summed E-state index contributed by atoms with van der Waals surface area (Å²) in [6.45, 7) is 9.74. The molecule has 0 fully saturated rings. The highest BCUT2D eigenvalue weighted by molar-refractivity contribution is 5.43. The Kier molecular flexibility index (Phi) is 16.0. The van der Waals surface area contributed by atoms with Gasteiger partial charge in [-0.25, -0.2) is 0 Å². The summed E-state index contributed by atoms with van der Waals surface area (Å²) < 4.78 is 5.99. The Morgan fingerprint density at radius 1 is 0.552 bits per heavy atom. The molecule has 0 aliphatic rings. The molecule has 0 saturated carbocycles. The molecule has 1 heteroatoms. The van der Waals surface area contributed by atoms with Gasteiger partial charge in [-0.2, -0.15) is 0 Å². The first-order chi connectivity index (χ1) is 14.2. The van der Waals surface area contributed by atoms with E-state index >= 15 is 0 Å². The molecule has 0 amide bonds. The van der Waals surface area contributed by atoms with Crippen molar-refractivity contribution in [3.05, 3.63) is 28.8 Å². The lowest BCUT2D eigenvalue weighted by Crippen LogP contribution is -2.01. The Morgan fingerprint density at radius 2 is 0.966 bits per heavy atom. The van der Waals surface area contributed by atoms with Gasteiger partial charge in [-0.1, -0.05) is 116 Å². The van der Waals surface area contributed by atoms with Crippen LogP contribution in [0.1, 0.15) is 133 Å². The summed E-state index contributed by atoms with van der Waals surface area (Å²) in [7, 11) is 0. The van der Waals surface area contributed by atoms with E-state index in [1.54, 1.807) is 0 Å². The van der Waals surface area contributed by atoms with Crippen molar-refractivity contribution in [2.45, 2.75) is 137 Å². The lowest BCUT2D eigenvalue weighted by molar-refractivity contribution is 0.305. The maximum atomic E-state index is 5.99. The molecule has 0 N–H and O–H groups in total. The van der Waals surface area contributed by atoms with Crippen LogP contribution in [0.2, 0.25) is 0 Å². The molecule has 0 radical (unpaired) electrons. The van der Waals surface area contributed by atoms with Crippen molar-refractivity contribution in [1.82, 2.24) is 0 Å². The molecule has 0 spiro atoms. The average Bonchev–Trinajstić information content (AvgIpc) is 2.70. The number of benzene rings is 1. The van der Waals surface area contributed by atoms with Crippen LogP contribution >= 0.6 is 0 Å². The molecule has 0 aromatic heterocycles. The van der Waals surface area contributed by atoms with E-state index in [1.807, 2.05) is 0 Å². The second-order valence-corrected chi connectivity index (χ2v) is 9.11. The Labute approximate surface area is 183 Å². The first-order valence-corrected chi connectivity index (χ1v) is 12.9. The van der Waals surface area contributed by atoms with E-state index in [9.17, 15) is 0 Å². The van der Waals surface area contributed by atoms with Crippen LogP contribution in [0, 0.1) is 13.8 Å². The van der Waals surface area contributed by atoms with Gasteiger partial charge in [0.2, 0.25) is 0 Å². The van der Waals surface area contributed by atoms with Crippen LogP contribution < -0.4 is 4.74 Å². The van der Waals surface area contributed by atoms with Crippen LogP contribution in [0.3, 0.4) is 0 Å². The highest BCUT2D eigenvalue weighted by Gasteiger charge is 2.06. The number of hydrogen-bond donors (Lipinski definition) is 0. The van der Waals surface area contributed by atoms with Gasteiger partial charge < -0.3 is 4.74 Å². The van der Waals surface area contributed by atoms with E-state index in [2.05, 4.69) is 39.8 Å². The van der Waals surface area contributed by atoms with Gasteiger partial charge in [0, 0.05) is 0 Å². The van der Waals surface area contributed by atoms with Crippen molar-refractivity contribution in [2.75, 3.05) is 6.61 Å². The minimum absolute atomic E-state index is 0.844. The average molecular weight is 403 g/mol. The first-order valence-electron chi connectivity index (χ1n) is 12.9. The quantitative estimate of drug-likeness (QED) is 0.209. The van der Waals surface area contributed by atoms with Crippen LogP contribution in [0.25, 0.3) is 0 Å². The minimum Gasteiger partial charge on any atom is -0.493 e. The molecule has 0 heterocycles. The zero-order valence-electron chi connectivity index (χ0n) is 20.3. The summed E-state index contributed by atoms with van der Waals surface area (Å²) in [5.41, 5.74) is 4.10. The molecule has 29 heavy (non-hydrogen) atoms. The van der Waals surface area contributed by atoms with Crippen molar-refractivity contribution >= 4 is 0 Å². The molecule has 1 nitrogen and oxygen atoms in total. The Morgan fingerprint density at radius 3 is 1.41 bits per heavy atom. The summed E-state index contributed by atoms with van der Waals surface area (Å²) in [5.74, 6) is 1.11. The fourth-order valence-corrected chi connectivity index (χ4v) is 4.25. The first kappa shape index (κ1) is 26.1. The van der Waals surface area contributed by atoms with Gasteiger partial charge in [-0.3, -0.25) is 0 Å². The van der Waals surface area contributed by atoms with Crippen LogP contribution in [-0.2, 0) is 6.42 Å². The number of rotatable bonds is 19. The van der Waals surface area contributed by atoms with Crippen molar-refractivity contribution in [1.29, 1.82) is 0 Å². The smallest absolute Gasteiger partial charge is 0.125 e. The molecule has 0 saturated heterocycles. The molecule has 0 aliphatic carbocycles. The number of ether oxygens (including phenoxy) is 1. The molecule has 0 bridgehead atoms. The Bertz CT molecular complexity index is 482. The summed E-state index contributed by atoms with van der Waals surface area (Å²) in [6, 6.07) is 4.69. The predicted octanol–water partition coefficient (Wildman–Crippen LogP) is 9.51. The van der Waals surface area contributed by atoms with Crippen LogP contribution in [0.5, 0.6) is 5.75 Å². The molecule has 0 atom stereocenters. The lowest BCUT2D eigenvalue weighted by Gasteiger charge is -2.14. The highest BCUT2D eigenvalue weighted by atomic mass is 16.5. The van der Waals surface area contributed by atoms with Crippen molar-refractivity contribution < 1.29 is 4.74 Å². The highest BCUT2D eigenvalue weighted by Crippen LogP contribution is 2.26. The van der Waals surface area contributed by atoms with Gasteiger partial charge in [0.1, 0.15) is 5.75 Å². The predicted molar refractivity (Wildman–Crippen MR) is 130 cm³/mol. The maximum absolute atomic E-state index is 5.99. The minimum atomic E-state index is 0.844. The van der Waals surface area contributed by atoms with Crippen LogP contribution in [0.4, 0.5) is 0 Å². The zero-order valence-corrected chi connectivity index (χ0v) is 20.3. The van der Waals surface area contributed by atoms with Gasteiger partial charge in [0.15, 0.2) is 0 Å². The SMILES string of the molecule is CCCCCCCCCCCCCCCCc1cc(C)c(OCCCC)c(C)c1. The van der Waals surface area contributed by atoms with Gasteiger partial charge in [-0.15, -0.1) is 0 Å². The molecule has 168 valence electrons. The summed E-state index contributed by atoms with van der Waals surface area (Å²) in [4.78, 5) is 0. The van der Waals surface area contributed by atoms with Crippen molar-refractivity contribution in [2.24, 2.45) is 0 Å². The van der Waals surface area contributed by atoms with E-state index in [4.69, 9.17) is 4.74 Å². The summed E-state index contributed by atoms with van der Waals surface area (Å²) in [6.07, 6.45) is 23.5. The molecule has 1 aromatic rings. The number of hydrogen-bond acceptors (Lipinski definition) is 1. The summed E-state index contributed by atoms with van der Waals surface area (Å²) in [5, 5.41) is 0. The second kappa shape index (κ2) is 17.8. The van der Waals surface area contributed by atoms with Crippen LogP contribution in [-0.4, -0.2) is 6.61 Å². The third-order valence-corrected chi connectivity index (χ3v) is 6.08. The molecular weight excluding hydrogens is 352 g/mol. The summed E-state index contributed by atoms with van der Waals surface area (Å²) >= 11 is 0. The van der Waals surface area contributed by atoms with Crippen molar-refractivity contribution in [3.63, 3.8) is 0 Å². The van der Waals surface area contributed by atoms with Gasteiger partial charge in [-0.05, 0) is 49.8 Å². The normalized spacial score (nSPS) is 11.2. The van der Waals surface area contributed by atoms with Crippen molar-refractivity contribution in [3.8, 4) is 5.75 Å². The maximum Gasteiger partial charge on any atom is 0.125 e. The van der Waals surface area contributed by atoms with E-state index in [-0.39, 0.29) is 0 Å². The third-order valence-electron chi connectivity index (χ3n) is 6.08. The second-order valence-electron chi connectivity index (χ2n) is 9.11. The van der Waals surface area contributed by atoms with Gasteiger partial charge in [0.05, 0.1) is 6.61 Å². The fraction of sp³-hybridized carbons (Fsp3) is 0.786. The fourth-order valence-electron chi connectivity index (χ4n) is 4.25. The monoisotopic (exact) mass is 402 g/mol. The van der Waals surface area contributed by atoms with E-state index in [1.165, 1.54) is 119 Å².